The van der Waals surface area contributed by atoms with Gasteiger partial charge in [-0.1, -0.05) is 6.58 Å². The fraction of sp³-hybridized carbons (Fsp3) is 0.333. The Morgan fingerprint density at radius 2 is 2.33 bits per heavy atom. The van der Waals surface area contributed by atoms with E-state index in [0.29, 0.717) is 18.6 Å². The van der Waals surface area contributed by atoms with Crippen molar-refractivity contribution >= 4 is 0 Å². The minimum absolute atomic E-state index is 0.546. The second-order valence-corrected chi connectivity index (χ2v) is 3.29. The van der Waals surface area contributed by atoms with Crippen molar-refractivity contribution in [2.24, 2.45) is 0 Å². The fourth-order valence-corrected chi connectivity index (χ4v) is 1.47. The van der Waals surface area contributed by atoms with Crippen molar-refractivity contribution in [1.29, 1.82) is 0 Å². The van der Waals surface area contributed by atoms with E-state index in [-0.39, 0.29) is 0 Å². The molecule has 80 valence electrons. The smallest absolute Gasteiger partial charge is 0.331 e. The van der Waals surface area contributed by atoms with E-state index in [2.05, 4.69) is 6.58 Å². The molecule has 1 fully saturated rings. The Labute approximate surface area is 83.8 Å². The molecule has 0 spiro atoms. The highest BCUT2D eigenvalue weighted by Gasteiger charge is 2.22. The summed E-state index contributed by atoms with van der Waals surface area (Å²) in [4.78, 5) is 24.0. The molecule has 6 heteroatoms. The second-order valence-electron chi connectivity index (χ2n) is 3.29. The Hall–Kier alpha value is -1.85. The molecule has 15 heavy (non-hydrogen) atoms. The number of rotatable bonds is 1. The molecule has 1 aliphatic heterocycles. The second kappa shape index (κ2) is 3.38. The summed E-state index contributed by atoms with van der Waals surface area (Å²) in [5, 5.41) is 0. The van der Waals surface area contributed by atoms with E-state index in [0.717, 1.165) is 10.8 Å². The van der Waals surface area contributed by atoms with Crippen LogP contribution in [0, 0.1) is 5.82 Å². The number of hydrogen-bond donors (Lipinski definition) is 1. The van der Waals surface area contributed by atoms with E-state index in [1.54, 1.807) is 0 Å². The maximum Gasteiger partial charge on any atom is 0.331 e. The molecular weight excluding hydrogens is 203 g/mol. The molecule has 5 nitrogen and oxygen atoms in total. The zero-order chi connectivity index (χ0) is 11.0. The van der Waals surface area contributed by atoms with Crippen LogP contribution in [0.3, 0.4) is 0 Å². The van der Waals surface area contributed by atoms with Crippen molar-refractivity contribution in [3.63, 3.8) is 0 Å². The molecule has 2 heterocycles. The molecule has 0 aliphatic carbocycles. The van der Waals surface area contributed by atoms with E-state index >= 15 is 0 Å². The van der Waals surface area contributed by atoms with Crippen molar-refractivity contribution in [1.82, 2.24) is 9.55 Å². The molecule has 1 N–H and O–H groups in total. The van der Waals surface area contributed by atoms with Gasteiger partial charge in [0.2, 0.25) is 5.82 Å². The van der Waals surface area contributed by atoms with Gasteiger partial charge in [-0.15, -0.1) is 0 Å². The number of aromatic nitrogens is 2. The van der Waals surface area contributed by atoms with Gasteiger partial charge in [0.1, 0.15) is 0 Å². The van der Waals surface area contributed by atoms with Crippen LogP contribution in [0.15, 0.2) is 28.1 Å². The van der Waals surface area contributed by atoms with Crippen molar-refractivity contribution in [2.45, 2.75) is 19.1 Å². The van der Waals surface area contributed by atoms with Crippen molar-refractivity contribution in [3.05, 3.63) is 45.2 Å². The molecule has 0 radical (unpaired) electrons. The van der Waals surface area contributed by atoms with Crippen LogP contribution in [0.25, 0.3) is 0 Å². The minimum atomic E-state index is -1.02. The summed E-state index contributed by atoms with van der Waals surface area (Å²) in [5.41, 5.74) is -1.70. The van der Waals surface area contributed by atoms with Gasteiger partial charge in [-0.3, -0.25) is 14.3 Å². The highest BCUT2D eigenvalue weighted by atomic mass is 19.1. The molecule has 1 aliphatic rings. The van der Waals surface area contributed by atoms with Crippen LogP contribution >= 0.6 is 0 Å². The number of hydrogen-bond acceptors (Lipinski definition) is 3. The summed E-state index contributed by atoms with van der Waals surface area (Å²) in [5.74, 6) is -0.450. The number of ether oxygens (including phenoxy) is 1. The van der Waals surface area contributed by atoms with Crippen molar-refractivity contribution in [3.8, 4) is 0 Å². The Kier molecular flexibility index (Phi) is 2.18. The largest absolute Gasteiger partial charge is 0.475 e. The zero-order valence-corrected chi connectivity index (χ0v) is 7.83. The quantitative estimate of drug-likeness (QED) is 0.737. The Balaban J connectivity index is 2.45. The first kappa shape index (κ1) is 9.70. The number of halogens is 1. The molecule has 0 amide bonds. The highest BCUT2D eigenvalue weighted by molar-refractivity contribution is 4.94. The number of allylic oxidation sites excluding steroid dienone is 1. The summed E-state index contributed by atoms with van der Waals surface area (Å²) in [7, 11) is 0. The van der Waals surface area contributed by atoms with E-state index in [1.165, 1.54) is 0 Å². The lowest BCUT2D eigenvalue weighted by Gasteiger charge is -2.12. The van der Waals surface area contributed by atoms with Crippen LogP contribution in [-0.2, 0) is 4.74 Å². The standard InChI is InChI=1S/C9H9FN2O3/c1-5-2-3-7(15-5)12-4-6(10)8(13)11-9(12)14/h4,7H,1-3H2,(H,11,13,14)/t7-/m1/s1. The topological polar surface area (TPSA) is 64.1 Å². The molecular formula is C9H9FN2O3. The number of aromatic amines is 1. The minimum Gasteiger partial charge on any atom is -0.475 e. The third-order valence-corrected chi connectivity index (χ3v) is 2.21. The molecule has 2 rings (SSSR count). The number of nitrogens with one attached hydrogen (secondary N) is 1. The third kappa shape index (κ3) is 1.70. The van der Waals surface area contributed by atoms with Crippen LogP contribution in [0.4, 0.5) is 4.39 Å². The van der Waals surface area contributed by atoms with Gasteiger partial charge in [0.15, 0.2) is 6.23 Å². The van der Waals surface area contributed by atoms with Gasteiger partial charge in [-0.2, -0.15) is 4.39 Å². The molecule has 1 saturated heterocycles. The van der Waals surface area contributed by atoms with E-state index in [4.69, 9.17) is 4.74 Å². The van der Waals surface area contributed by atoms with Crippen LogP contribution in [0.2, 0.25) is 0 Å². The van der Waals surface area contributed by atoms with Gasteiger partial charge in [0, 0.05) is 12.8 Å². The van der Waals surface area contributed by atoms with Crippen LogP contribution in [0.1, 0.15) is 19.1 Å². The van der Waals surface area contributed by atoms with Gasteiger partial charge in [0.05, 0.1) is 12.0 Å². The Morgan fingerprint density at radius 1 is 1.60 bits per heavy atom. The van der Waals surface area contributed by atoms with Crippen LogP contribution in [0.5, 0.6) is 0 Å². The summed E-state index contributed by atoms with van der Waals surface area (Å²) in [6.45, 7) is 3.60. The first-order valence-electron chi connectivity index (χ1n) is 4.43. The molecule has 1 aromatic heterocycles. The van der Waals surface area contributed by atoms with Gasteiger partial charge in [0.25, 0.3) is 5.56 Å². The van der Waals surface area contributed by atoms with Gasteiger partial charge in [-0.05, 0) is 0 Å². The monoisotopic (exact) mass is 212 g/mol. The highest BCUT2D eigenvalue weighted by Crippen LogP contribution is 2.28. The number of nitrogens with zero attached hydrogens (tertiary/aromatic N) is 1. The third-order valence-electron chi connectivity index (χ3n) is 2.21. The van der Waals surface area contributed by atoms with Crippen molar-refractivity contribution in [2.75, 3.05) is 0 Å². The maximum absolute atomic E-state index is 12.9. The van der Waals surface area contributed by atoms with E-state index in [9.17, 15) is 14.0 Å². The SMILES string of the molecule is C=C1CC[C@H](n2cc(F)c(=O)[nH]c2=O)O1. The lowest BCUT2D eigenvalue weighted by molar-refractivity contribution is 0.0926. The Morgan fingerprint density at radius 3 is 2.93 bits per heavy atom. The summed E-state index contributed by atoms with van der Waals surface area (Å²) >= 11 is 0. The van der Waals surface area contributed by atoms with Gasteiger partial charge < -0.3 is 4.74 Å². The molecule has 1 atom stereocenters. The zero-order valence-electron chi connectivity index (χ0n) is 7.83. The van der Waals surface area contributed by atoms with Gasteiger partial charge in [-0.25, -0.2) is 4.79 Å². The summed E-state index contributed by atoms with van der Waals surface area (Å²) < 4.78 is 19.2. The molecule has 0 saturated carbocycles. The van der Waals surface area contributed by atoms with Crippen LogP contribution < -0.4 is 11.2 Å². The lowest BCUT2D eigenvalue weighted by atomic mass is 10.3. The Bertz CT molecular complexity index is 517. The van der Waals surface area contributed by atoms with Crippen LogP contribution in [-0.4, -0.2) is 9.55 Å². The average molecular weight is 212 g/mol. The number of H-pyrrole nitrogens is 1. The first-order valence-corrected chi connectivity index (χ1v) is 4.43. The summed E-state index contributed by atoms with van der Waals surface area (Å²) in [6, 6.07) is 0. The maximum atomic E-state index is 12.9. The predicted molar refractivity (Wildman–Crippen MR) is 49.8 cm³/mol. The van der Waals surface area contributed by atoms with Crippen molar-refractivity contribution < 1.29 is 9.13 Å². The predicted octanol–water partition coefficient (Wildman–Crippen LogP) is 0.498. The average Bonchev–Trinajstić information content (AvgIpc) is 2.58. The normalized spacial score (nSPS) is 20.3. The molecule has 0 aromatic carbocycles. The summed E-state index contributed by atoms with van der Waals surface area (Å²) in [6.07, 6.45) is 1.45. The first-order chi connectivity index (χ1) is 7.08. The lowest BCUT2D eigenvalue weighted by Crippen LogP contribution is -2.33. The van der Waals surface area contributed by atoms with Gasteiger partial charge >= 0.3 is 5.69 Å². The van der Waals surface area contributed by atoms with E-state index < -0.39 is 23.3 Å². The molecule has 0 bridgehead atoms. The van der Waals surface area contributed by atoms with E-state index in [1.807, 2.05) is 4.98 Å². The molecule has 1 aromatic rings. The molecule has 0 unspecified atom stereocenters. The fourth-order valence-electron chi connectivity index (χ4n) is 1.47.